The van der Waals surface area contributed by atoms with Crippen molar-refractivity contribution in [1.29, 1.82) is 0 Å². The Bertz CT molecular complexity index is 816. The number of rotatable bonds is 12. The number of unbranched alkanes of at least 4 members (excludes halogenated alkanes) is 4. The zero-order valence-electron chi connectivity index (χ0n) is 16.5. The Balaban J connectivity index is 2.03. The standard InChI is InChI=1S/C21H30O7S/c22-20(23)7-5-3-1-2-4-6-15-8-9-16(10-13-21(24)25)18-12-11-17(14-19(15)18)29(26,27)28/h11-12,14-16H,1-10,13H2,(H,22,23)(H,24,25)(H,26,27,28). The van der Waals surface area contributed by atoms with E-state index in [1.165, 1.54) is 6.07 Å². The summed E-state index contributed by atoms with van der Waals surface area (Å²) in [6.45, 7) is 0. The van der Waals surface area contributed by atoms with Crippen molar-refractivity contribution in [3.8, 4) is 0 Å². The molecule has 162 valence electrons. The van der Waals surface area contributed by atoms with Crippen molar-refractivity contribution in [2.75, 3.05) is 0 Å². The number of hydrogen-bond donors (Lipinski definition) is 3. The highest BCUT2D eigenvalue weighted by atomic mass is 32.2. The van der Waals surface area contributed by atoms with Crippen LogP contribution in [0.2, 0.25) is 0 Å². The van der Waals surface area contributed by atoms with E-state index >= 15 is 0 Å². The van der Waals surface area contributed by atoms with Crippen LogP contribution in [0.4, 0.5) is 0 Å². The molecule has 0 saturated heterocycles. The molecule has 1 aliphatic carbocycles. The zero-order valence-corrected chi connectivity index (χ0v) is 17.4. The van der Waals surface area contributed by atoms with Crippen LogP contribution < -0.4 is 0 Å². The first-order valence-electron chi connectivity index (χ1n) is 10.2. The van der Waals surface area contributed by atoms with E-state index in [2.05, 4.69) is 0 Å². The largest absolute Gasteiger partial charge is 0.481 e. The van der Waals surface area contributed by atoms with E-state index in [0.717, 1.165) is 56.1 Å². The fourth-order valence-electron chi connectivity index (χ4n) is 4.25. The highest BCUT2D eigenvalue weighted by Crippen LogP contribution is 2.44. The molecule has 3 N–H and O–H groups in total. The van der Waals surface area contributed by atoms with Gasteiger partial charge in [-0.3, -0.25) is 14.1 Å². The van der Waals surface area contributed by atoms with Crippen molar-refractivity contribution >= 4 is 22.1 Å². The van der Waals surface area contributed by atoms with Gasteiger partial charge in [-0.2, -0.15) is 8.42 Å². The molecule has 0 aromatic heterocycles. The smallest absolute Gasteiger partial charge is 0.303 e. The molecule has 1 aromatic carbocycles. The van der Waals surface area contributed by atoms with E-state index in [-0.39, 0.29) is 29.6 Å². The third-order valence-electron chi connectivity index (χ3n) is 5.75. The van der Waals surface area contributed by atoms with Crippen LogP contribution in [0.15, 0.2) is 23.1 Å². The van der Waals surface area contributed by atoms with Gasteiger partial charge in [0.2, 0.25) is 0 Å². The lowest BCUT2D eigenvalue weighted by molar-refractivity contribution is -0.138. The van der Waals surface area contributed by atoms with Gasteiger partial charge in [0.05, 0.1) is 4.90 Å². The fraction of sp³-hybridized carbons (Fsp3) is 0.619. The van der Waals surface area contributed by atoms with Gasteiger partial charge in [0.25, 0.3) is 10.1 Å². The molecule has 7 nitrogen and oxygen atoms in total. The monoisotopic (exact) mass is 426 g/mol. The molecule has 0 aliphatic heterocycles. The van der Waals surface area contributed by atoms with Crippen molar-refractivity contribution < 1.29 is 32.8 Å². The van der Waals surface area contributed by atoms with Gasteiger partial charge in [-0.25, -0.2) is 0 Å². The van der Waals surface area contributed by atoms with Crippen LogP contribution in [0.5, 0.6) is 0 Å². The molecule has 29 heavy (non-hydrogen) atoms. The first-order valence-corrected chi connectivity index (χ1v) is 11.7. The molecule has 2 atom stereocenters. The average molecular weight is 427 g/mol. The highest BCUT2D eigenvalue weighted by Gasteiger charge is 2.28. The normalized spacial score (nSPS) is 18.9. The van der Waals surface area contributed by atoms with E-state index < -0.39 is 22.1 Å². The lowest BCUT2D eigenvalue weighted by atomic mass is 9.73. The SMILES string of the molecule is O=C(O)CCCCCCCC1CCC(CCC(=O)O)c2ccc(S(=O)(=O)O)cc21. The van der Waals surface area contributed by atoms with E-state index in [0.29, 0.717) is 12.8 Å². The van der Waals surface area contributed by atoms with E-state index in [4.69, 9.17) is 10.2 Å². The van der Waals surface area contributed by atoms with Crippen molar-refractivity contribution in [1.82, 2.24) is 0 Å². The lowest BCUT2D eigenvalue weighted by Gasteiger charge is -2.32. The average Bonchev–Trinajstić information content (AvgIpc) is 2.64. The minimum absolute atomic E-state index is 0.0746. The second-order valence-electron chi connectivity index (χ2n) is 7.87. The summed E-state index contributed by atoms with van der Waals surface area (Å²) in [7, 11) is -4.29. The van der Waals surface area contributed by atoms with E-state index in [1.54, 1.807) is 12.1 Å². The van der Waals surface area contributed by atoms with Crippen LogP contribution in [0, 0.1) is 0 Å². The molecule has 0 bridgehead atoms. The molecule has 2 unspecified atom stereocenters. The van der Waals surface area contributed by atoms with Crippen molar-refractivity contribution in [2.45, 2.75) is 87.4 Å². The van der Waals surface area contributed by atoms with Gasteiger partial charge in [0.1, 0.15) is 0 Å². The van der Waals surface area contributed by atoms with E-state index in [9.17, 15) is 22.6 Å². The summed E-state index contributed by atoms with van der Waals surface area (Å²) in [5, 5.41) is 17.6. The van der Waals surface area contributed by atoms with Gasteiger partial charge in [-0.1, -0.05) is 31.7 Å². The van der Waals surface area contributed by atoms with Crippen molar-refractivity contribution in [3.05, 3.63) is 29.3 Å². The Hall–Kier alpha value is -1.93. The zero-order chi connectivity index (χ0) is 21.4. The molecule has 1 aromatic rings. The molecular formula is C21H30O7S. The van der Waals surface area contributed by atoms with E-state index in [1.807, 2.05) is 0 Å². The van der Waals surface area contributed by atoms with Crippen LogP contribution in [0.3, 0.4) is 0 Å². The van der Waals surface area contributed by atoms with Crippen molar-refractivity contribution in [3.63, 3.8) is 0 Å². The number of carboxylic acid groups (broad SMARTS) is 2. The maximum atomic E-state index is 11.6. The third kappa shape index (κ3) is 7.44. The van der Waals surface area contributed by atoms with Crippen LogP contribution >= 0.6 is 0 Å². The number of hydrogen-bond acceptors (Lipinski definition) is 4. The first-order chi connectivity index (χ1) is 13.7. The second-order valence-corrected chi connectivity index (χ2v) is 9.29. The Kier molecular flexibility index (Phi) is 8.64. The first kappa shape index (κ1) is 23.3. The molecular weight excluding hydrogens is 396 g/mol. The number of carboxylic acids is 2. The van der Waals surface area contributed by atoms with Crippen LogP contribution in [-0.4, -0.2) is 35.1 Å². The maximum absolute atomic E-state index is 11.6. The van der Waals surface area contributed by atoms with Gasteiger partial charge in [-0.05, 0) is 67.2 Å². The number of aliphatic carboxylic acids is 2. The third-order valence-corrected chi connectivity index (χ3v) is 6.60. The molecule has 0 heterocycles. The summed E-state index contributed by atoms with van der Waals surface area (Å²) < 4.78 is 32.5. The Morgan fingerprint density at radius 1 is 0.828 bits per heavy atom. The fourth-order valence-corrected chi connectivity index (χ4v) is 4.76. The summed E-state index contributed by atoms with van der Waals surface area (Å²) in [4.78, 5) is 21.4. The highest BCUT2D eigenvalue weighted by molar-refractivity contribution is 7.85. The van der Waals surface area contributed by atoms with Gasteiger partial charge >= 0.3 is 11.9 Å². The molecule has 8 heteroatoms. The summed E-state index contributed by atoms with van der Waals surface area (Å²) in [5.74, 6) is -1.34. The van der Waals surface area contributed by atoms with Crippen LogP contribution in [0.1, 0.15) is 93.6 Å². The second kappa shape index (κ2) is 10.7. The predicted molar refractivity (Wildman–Crippen MR) is 108 cm³/mol. The molecule has 0 radical (unpaired) electrons. The minimum atomic E-state index is -4.29. The number of fused-ring (bicyclic) bond motifs is 1. The minimum Gasteiger partial charge on any atom is -0.481 e. The maximum Gasteiger partial charge on any atom is 0.303 e. The van der Waals surface area contributed by atoms with Crippen LogP contribution in [-0.2, 0) is 19.7 Å². The van der Waals surface area contributed by atoms with Gasteiger partial charge < -0.3 is 10.2 Å². The number of benzene rings is 1. The quantitative estimate of drug-likeness (QED) is 0.330. The molecule has 0 saturated carbocycles. The molecule has 2 rings (SSSR count). The van der Waals surface area contributed by atoms with Gasteiger partial charge in [0.15, 0.2) is 0 Å². The predicted octanol–water partition coefficient (Wildman–Crippen LogP) is 4.57. The molecule has 0 fully saturated rings. The molecule has 0 spiro atoms. The van der Waals surface area contributed by atoms with Gasteiger partial charge in [-0.15, -0.1) is 0 Å². The molecule has 1 aliphatic rings. The topological polar surface area (TPSA) is 129 Å². The Labute approximate surface area is 171 Å². The Morgan fingerprint density at radius 3 is 2.03 bits per heavy atom. The number of carbonyl (C=O) groups is 2. The summed E-state index contributed by atoms with van der Waals surface area (Å²) >= 11 is 0. The van der Waals surface area contributed by atoms with Crippen molar-refractivity contribution in [2.24, 2.45) is 0 Å². The Morgan fingerprint density at radius 2 is 1.41 bits per heavy atom. The lowest BCUT2D eigenvalue weighted by Crippen LogP contribution is -2.17. The molecule has 0 amide bonds. The summed E-state index contributed by atoms with van der Waals surface area (Å²) in [6, 6.07) is 4.67. The van der Waals surface area contributed by atoms with Crippen LogP contribution in [0.25, 0.3) is 0 Å². The van der Waals surface area contributed by atoms with Gasteiger partial charge in [0, 0.05) is 12.8 Å². The summed E-state index contributed by atoms with van der Waals surface area (Å²) in [5.41, 5.74) is 1.91. The summed E-state index contributed by atoms with van der Waals surface area (Å²) in [6.07, 6.45) is 7.92.